The zero-order valence-electron chi connectivity index (χ0n) is 11.9. The van der Waals surface area contributed by atoms with E-state index in [0.29, 0.717) is 27.1 Å². The molecule has 0 spiro atoms. The van der Waals surface area contributed by atoms with Gasteiger partial charge in [0.05, 0.1) is 11.6 Å². The smallest absolute Gasteiger partial charge is 0.405 e. The van der Waals surface area contributed by atoms with E-state index in [1.54, 1.807) is 42.5 Å². The Labute approximate surface area is 136 Å². The summed E-state index contributed by atoms with van der Waals surface area (Å²) in [5.74, 6) is 0. The number of halogens is 1. The number of pyridine rings is 1. The van der Waals surface area contributed by atoms with Gasteiger partial charge in [-0.3, -0.25) is 4.79 Å². The van der Waals surface area contributed by atoms with Gasteiger partial charge in [-0.2, -0.15) is 0 Å². The molecule has 3 rings (SSSR count). The number of benzene rings is 2. The van der Waals surface area contributed by atoms with Crippen molar-refractivity contribution < 1.29 is 9.90 Å². The SMILES string of the molecule is O=C(O)NC(c1ccccc1)c1c[nH]c2cc(Cl)ccc2c1=O. The molecule has 1 unspecified atom stereocenters. The van der Waals surface area contributed by atoms with Crippen LogP contribution in [0.15, 0.2) is 59.5 Å². The number of carbonyl (C=O) groups is 1. The van der Waals surface area contributed by atoms with Crippen LogP contribution in [0, 0.1) is 0 Å². The largest absolute Gasteiger partial charge is 0.465 e. The number of aromatic nitrogens is 1. The number of nitrogens with one attached hydrogen (secondary N) is 2. The zero-order valence-corrected chi connectivity index (χ0v) is 12.7. The van der Waals surface area contributed by atoms with E-state index in [0.717, 1.165) is 0 Å². The molecule has 0 bridgehead atoms. The van der Waals surface area contributed by atoms with Crippen molar-refractivity contribution in [1.82, 2.24) is 10.3 Å². The third kappa shape index (κ3) is 3.05. The second kappa shape index (κ2) is 6.14. The molecule has 3 N–H and O–H groups in total. The van der Waals surface area contributed by atoms with Gasteiger partial charge in [0.25, 0.3) is 0 Å². The topological polar surface area (TPSA) is 82.2 Å². The highest BCUT2D eigenvalue weighted by Gasteiger charge is 2.20. The number of fused-ring (bicyclic) bond motifs is 1. The lowest BCUT2D eigenvalue weighted by molar-refractivity contribution is 0.191. The number of aromatic amines is 1. The quantitative estimate of drug-likeness (QED) is 0.687. The van der Waals surface area contributed by atoms with Gasteiger partial charge in [0.1, 0.15) is 0 Å². The number of hydrogen-bond acceptors (Lipinski definition) is 2. The van der Waals surface area contributed by atoms with Crippen LogP contribution in [0.4, 0.5) is 4.79 Å². The van der Waals surface area contributed by atoms with Crippen LogP contribution in [0.2, 0.25) is 5.02 Å². The van der Waals surface area contributed by atoms with Crippen LogP contribution in [0.3, 0.4) is 0 Å². The number of carboxylic acid groups (broad SMARTS) is 1. The summed E-state index contributed by atoms with van der Waals surface area (Å²) in [5.41, 5.74) is 1.38. The molecule has 0 aliphatic heterocycles. The maximum atomic E-state index is 12.7. The fourth-order valence-corrected chi connectivity index (χ4v) is 2.71. The van der Waals surface area contributed by atoms with E-state index in [1.165, 1.54) is 6.20 Å². The predicted molar refractivity (Wildman–Crippen MR) is 89.0 cm³/mol. The highest BCUT2D eigenvalue weighted by atomic mass is 35.5. The van der Waals surface area contributed by atoms with Gasteiger partial charge in [-0.15, -0.1) is 0 Å². The van der Waals surface area contributed by atoms with Crippen LogP contribution in [-0.4, -0.2) is 16.2 Å². The molecular formula is C17H13ClN2O3. The number of rotatable bonds is 3. The van der Waals surface area contributed by atoms with Gasteiger partial charge in [0.15, 0.2) is 5.43 Å². The van der Waals surface area contributed by atoms with E-state index in [2.05, 4.69) is 10.3 Å². The lowest BCUT2D eigenvalue weighted by Gasteiger charge is -2.17. The average Bonchev–Trinajstić information content (AvgIpc) is 2.54. The summed E-state index contributed by atoms with van der Waals surface area (Å²) in [7, 11) is 0. The Balaban J connectivity index is 2.18. The Bertz CT molecular complexity index is 922. The third-order valence-electron chi connectivity index (χ3n) is 3.58. The summed E-state index contributed by atoms with van der Waals surface area (Å²) in [6.45, 7) is 0. The molecule has 23 heavy (non-hydrogen) atoms. The highest BCUT2D eigenvalue weighted by molar-refractivity contribution is 6.31. The minimum absolute atomic E-state index is 0.238. The lowest BCUT2D eigenvalue weighted by Crippen LogP contribution is -2.31. The molecule has 0 radical (unpaired) electrons. The Morgan fingerprint density at radius 3 is 2.61 bits per heavy atom. The molecule has 116 valence electrons. The molecule has 0 aliphatic carbocycles. The van der Waals surface area contributed by atoms with Crippen LogP contribution in [0.1, 0.15) is 17.2 Å². The van der Waals surface area contributed by atoms with Crippen LogP contribution in [0.25, 0.3) is 10.9 Å². The molecule has 3 aromatic rings. The van der Waals surface area contributed by atoms with E-state index in [-0.39, 0.29) is 5.43 Å². The molecular weight excluding hydrogens is 316 g/mol. The van der Waals surface area contributed by atoms with Crippen molar-refractivity contribution in [3.63, 3.8) is 0 Å². The Morgan fingerprint density at radius 2 is 1.91 bits per heavy atom. The minimum Gasteiger partial charge on any atom is -0.465 e. The predicted octanol–water partition coefficient (Wildman–Crippen LogP) is 3.54. The molecule has 0 saturated carbocycles. The molecule has 1 aromatic heterocycles. The number of amides is 1. The van der Waals surface area contributed by atoms with Gasteiger partial charge in [0.2, 0.25) is 0 Å². The van der Waals surface area contributed by atoms with E-state index in [1.807, 2.05) is 6.07 Å². The Morgan fingerprint density at radius 1 is 1.17 bits per heavy atom. The molecule has 0 fully saturated rings. The van der Waals surface area contributed by atoms with E-state index in [4.69, 9.17) is 16.7 Å². The van der Waals surface area contributed by atoms with Crippen LogP contribution in [0.5, 0.6) is 0 Å². The van der Waals surface area contributed by atoms with Crippen molar-refractivity contribution in [3.8, 4) is 0 Å². The molecule has 1 heterocycles. The first-order chi connectivity index (χ1) is 11.1. The molecule has 0 aliphatic rings. The summed E-state index contributed by atoms with van der Waals surface area (Å²) < 4.78 is 0. The molecule has 5 nitrogen and oxygen atoms in total. The van der Waals surface area contributed by atoms with Crippen LogP contribution >= 0.6 is 11.6 Å². The fourth-order valence-electron chi connectivity index (χ4n) is 2.53. The summed E-state index contributed by atoms with van der Waals surface area (Å²) in [6, 6.07) is 13.1. The number of hydrogen-bond donors (Lipinski definition) is 3. The van der Waals surface area contributed by atoms with Crippen molar-refractivity contribution in [2.45, 2.75) is 6.04 Å². The Hall–Kier alpha value is -2.79. The Kier molecular flexibility index (Phi) is 4.04. The maximum Gasteiger partial charge on any atom is 0.405 e. The first-order valence-corrected chi connectivity index (χ1v) is 7.29. The molecule has 1 atom stereocenters. The van der Waals surface area contributed by atoms with E-state index in [9.17, 15) is 9.59 Å². The van der Waals surface area contributed by atoms with Gasteiger partial charge in [-0.25, -0.2) is 4.79 Å². The normalized spacial score (nSPS) is 12.0. The average molecular weight is 329 g/mol. The zero-order chi connectivity index (χ0) is 16.4. The molecule has 6 heteroatoms. The van der Waals surface area contributed by atoms with Gasteiger partial charge in [0, 0.05) is 22.2 Å². The van der Waals surface area contributed by atoms with Gasteiger partial charge in [-0.05, 0) is 23.8 Å². The fraction of sp³-hybridized carbons (Fsp3) is 0.0588. The summed E-state index contributed by atoms with van der Waals surface area (Å²) >= 11 is 5.93. The lowest BCUT2D eigenvalue weighted by atomic mass is 9.98. The third-order valence-corrected chi connectivity index (χ3v) is 3.82. The van der Waals surface area contributed by atoms with E-state index >= 15 is 0 Å². The van der Waals surface area contributed by atoms with Crippen molar-refractivity contribution in [1.29, 1.82) is 0 Å². The summed E-state index contributed by atoms with van der Waals surface area (Å²) in [6.07, 6.45) is 0.323. The monoisotopic (exact) mass is 328 g/mol. The van der Waals surface area contributed by atoms with E-state index < -0.39 is 12.1 Å². The second-order valence-corrected chi connectivity index (χ2v) is 5.49. The van der Waals surface area contributed by atoms with Crippen molar-refractivity contribution in [2.75, 3.05) is 0 Å². The van der Waals surface area contributed by atoms with Crippen molar-refractivity contribution >= 4 is 28.6 Å². The minimum atomic E-state index is -1.20. The number of H-pyrrole nitrogens is 1. The van der Waals surface area contributed by atoms with Crippen molar-refractivity contribution in [3.05, 3.63) is 81.1 Å². The summed E-state index contributed by atoms with van der Waals surface area (Å²) in [4.78, 5) is 26.9. The second-order valence-electron chi connectivity index (χ2n) is 5.06. The maximum absolute atomic E-state index is 12.7. The van der Waals surface area contributed by atoms with Gasteiger partial charge < -0.3 is 15.4 Å². The molecule has 0 saturated heterocycles. The standard InChI is InChI=1S/C17H13ClN2O3/c18-11-6-7-12-14(8-11)19-9-13(16(12)21)15(20-17(22)23)10-4-2-1-3-5-10/h1-9,15,20H,(H,19,21)(H,22,23). The van der Waals surface area contributed by atoms with Gasteiger partial charge >= 0.3 is 6.09 Å². The highest BCUT2D eigenvalue weighted by Crippen LogP contribution is 2.22. The molecule has 1 amide bonds. The first-order valence-electron chi connectivity index (χ1n) is 6.91. The first kappa shape index (κ1) is 15.1. The van der Waals surface area contributed by atoms with Crippen LogP contribution in [-0.2, 0) is 0 Å². The summed E-state index contributed by atoms with van der Waals surface area (Å²) in [5, 5.41) is 12.5. The van der Waals surface area contributed by atoms with Gasteiger partial charge in [-0.1, -0.05) is 41.9 Å². The van der Waals surface area contributed by atoms with Crippen LogP contribution < -0.4 is 10.7 Å². The van der Waals surface area contributed by atoms with Crippen molar-refractivity contribution in [2.24, 2.45) is 0 Å². The molecule has 2 aromatic carbocycles.